The summed E-state index contributed by atoms with van der Waals surface area (Å²) < 4.78 is 1.83. The second kappa shape index (κ2) is 10.9. The molecule has 3 aromatic heterocycles. The van der Waals surface area contributed by atoms with E-state index in [0.717, 1.165) is 36.1 Å². The van der Waals surface area contributed by atoms with Crippen LogP contribution < -0.4 is 16.6 Å². The zero-order valence-electron chi connectivity index (χ0n) is 21.4. The Labute approximate surface area is 211 Å². The summed E-state index contributed by atoms with van der Waals surface area (Å²) in [6.45, 7) is 8.60. The SMILES string of the molecule is Cc1cc(C)c(CNC(=O)c2cc(-c3cccc(CCCCN)c3)nc3c2cnn3C(C)C)c(=O)[nH]1. The van der Waals surface area contributed by atoms with Gasteiger partial charge in [0.25, 0.3) is 11.5 Å². The Morgan fingerprint density at radius 1 is 1.17 bits per heavy atom. The van der Waals surface area contributed by atoms with E-state index in [0.29, 0.717) is 34.4 Å². The molecule has 0 aliphatic carbocycles. The van der Waals surface area contributed by atoms with Crippen molar-refractivity contribution < 1.29 is 4.79 Å². The lowest BCUT2D eigenvalue weighted by molar-refractivity contribution is 0.0952. The molecule has 0 aliphatic heterocycles. The van der Waals surface area contributed by atoms with E-state index in [1.54, 1.807) is 6.20 Å². The molecule has 0 spiro atoms. The topological polar surface area (TPSA) is 119 Å². The van der Waals surface area contributed by atoms with Crippen LogP contribution in [0.5, 0.6) is 0 Å². The molecule has 0 unspecified atom stereocenters. The first-order valence-electron chi connectivity index (χ1n) is 12.4. The lowest BCUT2D eigenvalue weighted by atomic mass is 10.0. The molecule has 0 atom stereocenters. The summed E-state index contributed by atoms with van der Waals surface area (Å²) in [6, 6.07) is 12.0. The molecule has 8 heteroatoms. The minimum Gasteiger partial charge on any atom is -0.348 e. The van der Waals surface area contributed by atoms with Crippen molar-refractivity contribution in [3.05, 3.63) is 80.9 Å². The normalized spacial score (nSPS) is 11.4. The van der Waals surface area contributed by atoms with Gasteiger partial charge in [-0.15, -0.1) is 0 Å². The molecular formula is C28H34N6O2. The van der Waals surface area contributed by atoms with Crippen LogP contribution in [0.4, 0.5) is 0 Å². The number of fused-ring (bicyclic) bond motifs is 1. The van der Waals surface area contributed by atoms with Crippen molar-refractivity contribution in [3.63, 3.8) is 0 Å². The van der Waals surface area contributed by atoms with Crippen molar-refractivity contribution in [1.29, 1.82) is 0 Å². The van der Waals surface area contributed by atoms with E-state index in [9.17, 15) is 9.59 Å². The van der Waals surface area contributed by atoms with Crippen molar-refractivity contribution in [2.75, 3.05) is 6.54 Å². The maximum absolute atomic E-state index is 13.4. The van der Waals surface area contributed by atoms with Crippen LogP contribution in [0.25, 0.3) is 22.3 Å². The van der Waals surface area contributed by atoms with Crippen molar-refractivity contribution >= 4 is 16.9 Å². The number of hydrogen-bond donors (Lipinski definition) is 3. The predicted molar refractivity (Wildman–Crippen MR) is 143 cm³/mol. The third kappa shape index (κ3) is 5.39. The minimum absolute atomic E-state index is 0.0810. The highest BCUT2D eigenvalue weighted by molar-refractivity contribution is 6.06. The van der Waals surface area contributed by atoms with Crippen molar-refractivity contribution in [1.82, 2.24) is 25.1 Å². The van der Waals surface area contributed by atoms with Gasteiger partial charge in [-0.25, -0.2) is 9.67 Å². The highest BCUT2D eigenvalue weighted by atomic mass is 16.1. The number of pyridine rings is 2. The third-order valence-corrected chi connectivity index (χ3v) is 6.36. The average Bonchev–Trinajstić information content (AvgIpc) is 3.27. The van der Waals surface area contributed by atoms with E-state index in [4.69, 9.17) is 10.7 Å². The average molecular weight is 487 g/mol. The largest absolute Gasteiger partial charge is 0.348 e. The van der Waals surface area contributed by atoms with Crippen molar-refractivity contribution in [3.8, 4) is 11.3 Å². The van der Waals surface area contributed by atoms with Gasteiger partial charge < -0.3 is 16.0 Å². The first kappa shape index (κ1) is 25.3. The molecule has 1 aromatic carbocycles. The summed E-state index contributed by atoms with van der Waals surface area (Å²) >= 11 is 0. The number of aryl methyl sites for hydroxylation is 3. The van der Waals surface area contributed by atoms with E-state index in [2.05, 4.69) is 27.5 Å². The third-order valence-electron chi connectivity index (χ3n) is 6.36. The van der Waals surface area contributed by atoms with Gasteiger partial charge in [0.1, 0.15) is 0 Å². The van der Waals surface area contributed by atoms with Gasteiger partial charge in [-0.1, -0.05) is 18.2 Å². The molecule has 8 nitrogen and oxygen atoms in total. The fourth-order valence-electron chi connectivity index (χ4n) is 4.46. The van der Waals surface area contributed by atoms with Gasteiger partial charge in [-0.05, 0) is 82.8 Å². The smallest absolute Gasteiger partial charge is 0.253 e. The Morgan fingerprint density at radius 3 is 2.69 bits per heavy atom. The molecule has 0 fully saturated rings. The fraction of sp³-hybridized carbons (Fsp3) is 0.357. The van der Waals surface area contributed by atoms with Crippen LogP contribution in [-0.2, 0) is 13.0 Å². The van der Waals surface area contributed by atoms with Gasteiger partial charge in [-0.3, -0.25) is 9.59 Å². The Hall–Kier alpha value is -3.78. The monoisotopic (exact) mass is 486 g/mol. The van der Waals surface area contributed by atoms with Gasteiger partial charge in [0, 0.05) is 29.4 Å². The number of unbranched alkanes of at least 4 members (excludes halogenated alkanes) is 1. The number of nitrogens with one attached hydrogen (secondary N) is 2. The molecule has 4 aromatic rings. The molecular weight excluding hydrogens is 452 g/mol. The Morgan fingerprint density at radius 2 is 1.97 bits per heavy atom. The predicted octanol–water partition coefficient (Wildman–Crippen LogP) is 4.20. The Bertz CT molecular complexity index is 1450. The van der Waals surface area contributed by atoms with Crippen LogP contribution >= 0.6 is 0 Å². The van der Waals surface area contributed by atoms with Gasteiger partial charge in [0.05, 0.1) is 22.8 Å². The highest BCUT2D eigenvalue weighted by Gasteiger charge is 2.19. The van der Waals surface area contributed by atoms with Crippen LogP contribution in [0.3, 0.4) is 0 Å². The van der Waals surface area contributed by atoms with Gasteiger partial charge >= 0.3 is 0 Å². The van der Waals surface area contributed by atoms with E-state index in [1.807, 2.05) is 56.6 Å². The number of carbonyl (C=O) groups excluding carboxylic acids is 1. The van der Waals surface area contributed by atoms with E-state index in [1.165, 1.54) is 5.56 Å². The van der Waals surface area contributed by atoms with Gasteiger partial charge in [0.15, 0.2) is 5.65 Å². The number of nitrogens with two attached hydrogens (primary N) is 1. The first-order valence-corrected chi connectivity index (χ1v) is 12.4. The first-order chi connectivity index (χ1) is 17.3. The van der Waals surface area contributed by atoms with Crippen LogP contribution in [0, 0.1) is 13.8 Å². The molecule has 0 radical (unpaired) electrons. The number of hydrogen-bond acceptors (Lipinski definition) is 5. The quantitative estimate of drug-likeness (QED) is 0.307. The zero-order chi connectivity index (χ0) is 25.8. The molecule has 0 saturated heterocycles. The number of aromatic amines is 1. The highest BCUT2D eigenvalue weighted by Crippen LogP contribution is 2.27. The number of rotatable bonds is 9. The van der Waals surface area contributed by atoms with Crippen LogP contribution in [-0.4, -0.2) is 32.2 Å². The number of benzene rings is 1. The molecule has 36 heavy (non-hydrogen) atoms. The van der Waals surface area contributed by atoms with Crippen molar-refractivity contribution in [2.24, 2.45) is 5.73 Å². The summed E-state index contributed by atoms with van der Waals surface area (Å²) in [7, 11) is 0. The summed E-state index contributed by atoms with van der Waals surface area (Å²) in [6.07, 6.45) is 4.64. The molecule has 3 heterocycles. The second-order valence-electron chi connectivity index (χ2n) is 9.55. The summed E-state index contributed by atoms with van der Waals surface area (Å²) in [5.74, 6) is -0.273. The van der Waals surface area contributed by atoms with E-state index < -0.39 is 0 Å². The van der Waals surface area contributed by atoms with Gasteiger partial charge in [0.2, 0.25) is 0 Å². The van der Waals surface area contributed by atoms with Crippen LogP contribution in [0.1, 0.15) is 65.5 Å². The molecule has 4 rings (SSSR count). The van der Waals surface area contributed by atoms with E-state index >= 15 is 0 Å². The lowest BCUT2D eigenvalue weighted by Crippen LogP contribution is -2.28. The molecule has 1 amide bonds. The maximum atomic E-state index is 13.4. The molecule has 4 N–H and O–H groups in total. The summed E-state index contributed by atoms with van der Waals surface area (Å²) in [5.41, 5.74) is 11.6. The minimum atomic E-state index is -0.273. The summed E-state index contributed by atoms with van der Waals surface area (Å²) in [4.78, 5) is 33.6. The number of H-pyrrole nitrogens is 1. The maximum Gasteiger partial charge on any atom is 0.253 e. The van der Waals surface area contributed by atoms with Gasteiger partial charge in [-0.2, -0.15) is 5.10 Å². The van der Waals surface area contributed by atoms with Crippen LogP contribution in [0.2, 0.25) is 0 Å². The van der Waals surface area contributed by atoms with Crippen LogP contribution in [0.15, 0.2) is 47.4 Å². The van der Waals surface area contributed by atoms with Crippen molar-refractivity contribution in [2.45, 2.75) is 59.5 Å². The second-order valence-corrected chi connectivity index (χ2v) is 9.55. The molecule has 0 saturated carbocycles. The number of amides is 1. The Balaban J connectivity index is 1.72. The Kier molecular flexibility index (Phi) is 7.64. The zero-order valence-corrected chi connectivity index (χ0v) is 21.4. The number of carbonyl (C=O) groups is 1. The van der Waals surface area contributed by atoms with E-state index in [-0.39, 0.29) is 24.1 Å². The summed E-state index contributed by atoms with van der Waals surface area (Å²) in [5, 5.41) is 8.12. The standard InChI is InChI=1S/C28H34N6O2/c1-17(2)34-26-24(16-31-34)22(27(35)30-15-23-18(3)12-19(4)32-28(23)36)14-25(33-26)21-10-7-9-20(13-21)8-5-6-11-29/h7,9-10,12-14,16-17H,5-6,8,11,15,29H2,1-4H3,(H,30,35)(H,32,36). The fourth-order valence-corrected chi connectivity index (χ4v) is 4.46. The lowest BCUT2D eigenvalue weighted by Gasteiger charge is -2.12. The molecule has 188 valence electrons. The molecule has 0 bridgehead atoms. The number of aromatic nitrogens is 4. The number of nitrogens with zero attached hydrogens (tertiary/aromatic N) is 3. The molecule has 0 aliphatic rings.